The van der Waals surface area contributed by atoms with Crippen molar-refractivity contribution in [2.45, 2.75) is 109 Å². The van der Waals surface area contributed by atoms with E-state index in [1.54, 1.807) is 0 Å². The Morgan fingerprint density at radius 3 is 1.65 bits per heavy atom. The first-order valence-electron chi connectivity index (χ1n) is 18.6. The second kappa shape index (κ2) is 9.41. The smallest absolute Gasteiger partial charge is 0.225 e. The van der Waals surface area contributed by atoms with Gasteiger partial charge in [-0.25, -0.2) is 9.13 Å². The molecular weight excluding hydrogens is 564 g/mol. The molecule has 0 N–H and O–H groups in total. The number of aryl methyl sites for hydroxylation is 2. The second-order valence-electron chi connectivity index (χ2n) is 17.1. The molecule has 0 atom stereocenters. The first-order valence-corrected chi connectivity index (χ1v) is 18.6. The molecule has 4 heterocycles. The minimum absolute atomic E-state index is 0.365. The first kappa shape index (κ1) is 26.8. The van der Waals surface area contributed by atoms with Gasteiger partial charge in [-0.05, 0) is 124 Å². The number of aromatic nitrogens is 6. The van der Waals surface area contributed by atoms with Crippen LogP contribution in [0, 0.1) is 55.3 Å². The molecule has 0 spiro atoms. The molecule has 10 aliphatic rings. The van der Waals surface area contributed by atoms with Gasteiger partial charge in [0.2, 0.25) is 0 Å². The fourth-order valence-corrected chi connectivity index (χ4v) is 13.5. The van der Waals surface area contributed by atoms with Crippen molar-refractivity contribution >= 4 is 0 Å². The molecule has 6 nitrogen and oxygen atoms in total. The fourth-order valence-electron chi connectivity index (χ4n) is 13.5. The van der Waals surface area contributed by atoms with Crippen molar-refractivity contribution in [3.8, 4) is 22.8 Å². The van der Waals surface area contributed by atoms with Crippen molar-refractivity contribution in [1.82, 2.24) is 19.6 Å². The highest BCUT2D eigenvalue weighted by Gasteiger charge is 2.57. The van der Waals surface area contributed by atoms with E-state index in [-0.39, 0.29) is 0 Å². The molecule has 14 rings (SSSR count). The first-order chi connectivity index (χ1) is 22.5. The van der Waals surface area contributed by atoms with Crippen molar-refractivity contribution in [1.29, 1.82) is 0 Å². The maximum Gasteiger partial charge on any atom is 0.275 e. The Labute approximate surface area is 272 Å². The summed E-state index contributed by atoms with van der Waals surface area (Å²) in [4.78, 5) is 0. The number of nitrogens with zero attached hydrogens (tertiary/aromatic N) is 6. The van der Waals surface area contributed by atoms with E-state index >= 15 is 0 Å². The molecule has 2 aromatic heterocycles. The summed E-state index contributed by atoms with van der Waals surface area (Å²) in [5.74, 6) is 12.0. The molecule has 8 saturated carbocycles. The average molecular weight is 613 g/mol. The van der Waals surface area contributed by atoms with Crippen molar-refractivity contribution < 1.29 is 9.13 Å². The molecule has 4 aromatic rings. The molecule has 0 unspecified atom stereocenters. The zero-order chi connectivity index (χ0) is 30.3. The number of hydrogen-bond donors (Lipinski definition) is 0. The van der Waals surface area contributed by atoms with Crippen molar-refractivity contribution in [2.24, 2.45) is 41.4 Å². The summed E-state index contributed by atoms with van der Waals surface area (Å²) < 4.78 is 9.85. The van der Waals surface area contributed by atoms with Crippen molar-refractivity contribution in [3.05, 3.63) is 71.3 Å². The zero-order valence-corrected chi connectivity index (χ0v) is 27.6. The summed E-state index contributed by atoms with van der Waals surface area (Å²) in [6.07, 6.45) is 16.1. The predicted molar refractivity (Wildman–Crippen MR) is 176 cm³/mol. The van der Waals surface area contributed by atoms with Gasteiger partial charge in [-0.15, -0.1) is 9.36 Å². The third-order valence-electron chi connectivity index (χ3n) is 14.2. The zero-order valence-electron chi connectivity index (χ0n) is 27.6. The number of rotatable bonds is 2. The van der Waals surface area contributed by atoms with E-state index in [9.17, 15) is 0 Å². The molecule has 8 bridgehead atoms. The van der Waals surface area contributed by atoms with Crippen LogP contribution < -0.4 is 9.13 Å². The van der Waals surface area contributed by atoms with Crippen LogP contribution in [0.1, 0.15) is 99.4 Å². The summed E-state index contributed by atoms with van der Waals surface area (Å²) in [6.45, 7) is 6.35. The van der Waals surface area contributed by atoms with Gasteiger partial charge in [0.25, 0.3) is 23.3 Å². The van der Waals surface area contributed by atoms with Crippen LogP contribution in [-0.4, -0.2) is 19.6 Å². The summed E-state index contributed by atoms with van der Waals surface area (Å²) in [5.41, 5.74) is 6.08. The van der Waals surface area contributed by atoms with Gasteiger partial charge in [0.15, 0.2) is 0 Å². The topological polar surface area (TPSA) is 43.4 Å². The number of hydrogen-bond acceptors (Lipinski definition) is 2. The lowest BCUT2D eigenvalue weighted by atomic mass is 9.53. The highest BCUT2D eigenvalue weighted by Crippen LogP contribution is 2.58. The van der Waals surface area contributed by atoms with Crippen LogP contribution in [0.2, 0.25) is 0 Å². The van der Waals surface area contributed by atoms with Gasteiger partial charge in [0, 0.05) is 35.2 Å². The molecule has 6 heteroatoms. The molecule has 8 aliphatic carbocycles. The Bertz CT molecular complexity index is 1830. The monoisotopic (exact) mass is 612 g/mol. The lowest BCUT2D eigenvalue weighted by Gasteiger charge is -2.55. The van der Waals surface area contributed by atoms with E-state index in [4.69, 9.17) is 10.2 Å². The van der Waals surface area contributed by atoms with E-state index < -0.39 is 0 Å². The van der Waals surface area contributed by atoms with E-state index in [1.807, 2.05) is 0 Å². The molecule has 2 aromatic carbocycles. The largest absolute Gasteiger partial charge is 0.275 e. The van der Waals surface area contributed by atoms with Crippen LogP contribution in [0.5, 0.6) is 0 Å². The summed E-state index contributed by atoms with van der Waals surface area (Å²) >= 11 is 0. The molecular formula is C40H48N6+2. The average Bonchev–Trinajstić information content (AvgIpc) is 3.74. The lowest BCUT2D eigenvalue weighted by molar-refractivity contribution is -0.772. The Morgan fingerprint density at radius 2 is 1.07 bits per heavy atom. The SMILES string of the molecule is Cc1nn2c([n+]1C13CC4CC(CC(C4)C1)C3)-c1ccccc1C2.Cc1nn2c([n+]1C1C3CC4CC(C3)CC1C4)-c1ccccc1C2. The molecule has 236 valence electrons. The van der Waals surface area contributed by atoms with E-state index in [1.165, 1.54) is 116 Å². The Balaban J connectivity index is 0.000000114. The van der Waals surface area contributed by atoms with Gasteiger partial charge in [0.05, 0.1) is 22.7 Å². The highest BCUT2D eigenvalue weighted by atomic mass is 15.4. The Hall–Kier alpha value is -3.28. The van der Waals surface area contributed by atoms with Gasteiger partial charge in [-0.1, -0.05) is 36.4 Å². The van der Waals surface area contributed by atoms with Crippen LogP contribution in [0.4, 0.5) is 0 Å². The molecule has 0 radical (unpaired) electrons. The number of benzene rings is 2. The minimum Gasteiger partial charge on any atom is -0.225 e. The molecule has 46 heavy (non-hydrogen) atoms. The van der Waals surface area contributed by atoms with Gasteiger partial charge in [-0.3, -0.25) is 0 Å². The minimum atomic E-state index is 0.365. The van der Waals surface area contributed by atoms with E-state index in [0.717, 1.165) is 54.5 Å². The Kier molecular flexibility index (Phi) is 5.48. The summed E-state index contributed by atoms with van der Waals surface area (Å²) in [5, 5.41) is 9.86. The van der Waals surface area contributed by atoms with Gasteiger partial charge < -0.3 is 0 Å². The van der Waals surface area contributed by atoms with Crippen LogP contribution in [0.15, 0.2) is 48.5 Å². The fraction of sp³-hybridized carbons (Fsp3) is 0.600. The molecule has 2 aliphatic heterocycles. The van der Waals surface area contributed by atoms with Gasteiger partial charge >= 0.3 is 0 Å². The summed E-state index contributed by atoms with van der Waals surface area (Å²) in [6, 6.07) is 18.5. The van der Waals surface area contributed by atoms with Crippen LogP contribution >= 0.6 is 0 Å². The molecule has 8 fully saturated rings. The molecule has 0 saturated heterocycles. The van der Waals surface area contributed by atoms with E-state index in [0.29, 0.717) is 11.6 Å². The number of fused-ring (bicyclic) bond motifs is 6. The van der Waals surface area contributed by atoms with Crippen molar-refractivity contribution in [3.63, 3.8) is 0 Å². The van der Waals surface area contributed by atoms with Crippen LogP contribution in [-0.2, 0) is 18.6 Å². The molecule has 0 amide bonds. The maximum absolute atomic E-state index is 4.94. The third-order valence-corrected chi connectivity index (χ3v) is 14.2. The van der Waals surface area contributed by atoms with Gasteiger partial charge in [-0.2, -0.15) is 0 Å². The van der Waals surface area contributed by atoms with Crippen LogP contribution in [0.3, 0.4) is 0 Å². The summed E-state index contributed by atoms with van der Waals surface area (Å²) in [7, 11) is 0. The van der Waals surface area contributed by atoms with Crippen LogP contribution in [0.25, 0.3) is 22.8 Å². The van der Waals surface area contributed by atoms with E-state index in [2.05, 4.69) is 80.9 Å². The maximum atomic E-state index is 4.94. The second-order valence-corrected chi connectivity index (χ2v) is 17.1. The standard InChI is InChI=1S/2C20H24N3/c1-13-21-22-12-17-4-2-3-5-18(17)19(22)23(13)20-9-14-6-15(10-20)8-16(7-14)11-20;1-12-21-22-11-15-4-2-3-5-18(15)20(22)23(12)19-16-7-13-6-14(9-16)10-17(19)8-13/h2-5,14-16H,6-12H2,1H3;2-5,13-14,16-17,19H,6-11H2,1H3/q2*+1. The third kappa shape index (κ3) is 3.70. The quantitative estimate of drug-likeness (QED) is 0.199. The predicted octanol–water partition coefficient (Wildman–Crippen LogP) is 6.94. The highest BCUT2D eigenvalue weighted by molar-refractivity contribution is 5.62. The lowest BCUT2D eigenvalue weighted by Crippen LogP contribution is -2.66. The normalized spacial score (nSPS) is 36.3. The van der Waals surface area contributed by atoms with Crippen molar-refractivity contribution in [2.75, 3.05) is 0 Å². The van der Waals surface area contributed by atoms with Gasteiger partial charge in [0.1, 0.15) is 13.1 Å². The Morgan fingerprint density at radius 1 is 0.587 bits per heavy atom.